The standard InChI is InChI=1S/C14H28N4O5/c1-5-19-6-2-17(1)15-9-13-14(23-12-21-11-22-13)10-16-18-3-7-20-8-4-18/h13-16H,1-12H2. The third-order valence-corrected chi connectivity index (χ3v) is 4.20. The van der Waals surface area contributed by atoms with Gasteiger partial charge in [-0.15, -0.1) is 0 Å². The molecule has 9 heteroatoms. The second-order valence-corrected chi connectivity index (χ2v) is 5.77. The Morgan fingerprint density at radius 1 is 0.652 bits per heavy atom. The summed E-state index contributed by atoms with van der Waals surface area (Å²) in [4.78, 5) is 0. The Kier molecular flexibility index (Phi) is 7.46. The number of hydrogen-bond acceptors (Lipinski definition) is 9. The van der Waals surface area contributed by atoms with Crippen molar-refractivity contribution in [2.75, 3.05) is 79.3 Å². The molecule has 0 spiro atoms. The molecule has 3 aliphatic rings. The van der Waals surface area contributed by atoms with E-state index in [4.69, 9.17) is 23.7 Å². The monoisotopic (exact) mass is 332 g/mol. The lowest BCUT2D eigenvalue weighted by Gasteiger charge is -2.32. The maximum Gasteiger partial charge on any atom is 0.150 e. The van der Waals surface area contributed by atoms with Gasteiger partial charge in [-0.1, -0.05) is 0 Å². The van der Waals surface area contributed by atoms with Gasteiger partial charge in [0.15, 0.2) is 0 Å². The summed E-state index contributed by atoms with van der Waals surface area (Å²) in [6, 6.07) is 0. The zero-order valence-electron chi connectivity index (χ0n) is 13.6. The van der Waals surface area contributed by atoms with Crippen LogP contribution in [0.15, 0.2) is 0 Å². The summed E-state index contributed by atoms with van der Waals surface area (Å²) in [6.07, 6.45) is -0.122. The van der Waals surface area contributed by atoms with Crippen molar-refractivity contribution in [3.63, 3.8) is 0 Å². The molecule has 23 heavy (non-hydrogen) atoms. The topological polar surface area (TPSA) is 76.7 Å². The van der Waals surface area contributed by atoms with Gasteiger partial charge in [0.05, 0.1) is 26.4 Å². The molecule has 0 aliphatic carbocycles. The number of morpholine rings is 2. The molecular formula is C14H28N4O5. The Hall–Kier alpha value is -0.360. The van der Waals surface area contributed by atoms with Crippen molar-refractivity contribution < 1.29 is 23.7 Å². The number of nitrogens with zero attached hydrogens (tertiary/aromatic N) is 2. The summed E-state index contributed by atoms with van der Waals surface area (Å²) >= 11 is 0. The van der Waals surface area contributed by atoms with E-state index in [9.17, 15) is 0 Å². The van der Waals surface area contributed by atoms with Gasteiger partial charge in [-0.2, -0.15) is 0 Å². The number of hydrogen-bond donors (Lipinski definition) is 2. The molecule has 2 atom stereocenters. The fourth-order valence-corrected chi connectivity index (χ4v) is 2.78. The van der Waals surface area contributed by atoms with Crippen LogP contribution >= 0.6 is 0 Å². The highest BCUT2D eigenvalue weighted by Crippen LogP contribution is 2.09. The van der Waals surface area contributed by atoms with Gasteiger partial charge in [-0.05, 0) is 0 Å². The molecule has 3 aliphatic heterocycles. The molecule has 0 aromatic rings. The fraction of sp³-hybridized carbons (Fsp3) is 1.00. The molecule has 0 amide bonds. The third kappa shape index (κ3) is 5.89. The fourth-order valence-electron chi connectivity index (χ4n) is 2.78. The number of ether oxygens (including phenoxy) is 5. The van der Waals surface area contributed by atoms with Crippen LogP contribution < -0.4 is 10.9 Å². The van der Waals surface area contributed by atoms with Crippen LogP contribution in [0.25, 0.3) is 0 Å². The molecular weight excluding hydrogens is 304 g/mol. The Morgan fingerprint density at radius 2 is 1.09 bits per heavy atom. The van der Waals surface area contributed by atoms with Crippen molar-refractivity contribution in [1.29, 1.82) is 0 Å². The van der Waals surface area contributed by atoms with Crippen molar-refractivity contribution in [1.82, 2.24) is 20.9 Å². The first kappa shape index (κ1) is 17.5. The van der Waals surface area contributed by atoms with Gasteiger partial charge in [0, 0.05) is 39.3 Å². The van der Waals surface area contributed by atoms with Crippen LogP contribution in [-0.2, 0) is 23.7 Å². The number of nitrogens with one attached hydrogen (secondary N) is 2. The zero-order chi connectivity index (χ0) is 15.7. The van der Waals surface area contributed by atoms with Gasteiger partial charge in [-0.25, -0.2) is 10.0 Å². The molecule has 0 aromatic carbocycles. The van der Waals surface area contributed by atoms with E-state index in [1.54, 1.807) is 0 Å². The van der Waals surface area contributed by atoms with Crippen LogP contribution in [-0.4, -0.2) is 102 Å². The molecule has 3 fully saturated rings. The smallest absolute Gasteiger partial charge is 0.150 e. The minimum Gasteiger partial charge on any atom is -0.379 e. The van der Waals surface area contributed by atoms with Crippen molar-refractivity contribution in [2.45, 2.75) is 12.2 Å². The molecule has 3 heterocycles. The van der Waals surface area contributed by atoms with Crippen LogP contribution in [0.2, 0.25) is 0 Å². The Balaban J connectivity index is 1.43. The summed E-state index contributed by atoms with van der Waals surface area (Å²) in [6.45, 7) is 8.54. The molecule has 2 unspecified atom stereocenters. The van der Waals surface area contributed by atoms with E-state index in [1.807, 2.05) is 0 Å². The van der Waals surface area contributed by atoms with E-state index in [0.29, 0.717) is 13.1 Å². The third-order valence-electron chi connectivity index (χ3n) is 4.20. The predicted octanol–water partition coefficient (Wildman–Crippen LogP) is -1.62. The van der Waals surface area contributed by atoms with Crippen LogP contribution in [0.5, 0.6) is 0 Å². The van der Waals surface area contributed by atoms with Crippen LogP contribution in [0.3, 0.4) is 0 Å². The average Bonchev–Trinajstić information content (AvgIpc) is 2.85. The summed E-state index contributed by atoms with van der Waals surface area (Å²) in [5.74, 6) is 0. The van der Waals surface area contributed by atoms with E-state index in [-0.39, 0.29) is 25.8 Å². The van der Waals surface area contributed by atoms with Gasteiger partial charge in [0.1, 0.15) is 25.8 Å². The van der Waals surface area contributed by atoms with E-state index in [0.717, 1.165) is 52.6 Å². The lowest BCUT2D eigenvalue weighted by molar-refractivity contribution is -0.0901. The van der Waals surface area contributed by atoms with Crippen LogP contribution in [0, 0.1) is 0 Å². The molecule has 3 saturated heterocycles. The second kappa shape index (κ2) is 9.82. The molecule has 134 valence electrons. The first-order chi connectivity index (χ1) is 11.4. The van der Waals surface area contributed by atoms with Crippen molar-refractivity contribution in [3.05, 3.63) is 0 Å². The quantitative estimate of drug-likeness (QED) is 0.596. The highest BCUT2D eigenvalue weighted by atomic mass is 16.8. The average molecular weight is 332 g/mol. The summed E-state index contributed by atoms with van der Waals surface area (Å²) < 4.78 is 27.6. The van der Waals surface area contributed by atoms with Crippen molar-refractivity contribution in [2.24, 2.45) is 0 Å². The van der Waals surface area contributed by atoms with Gasteiger partial charge in [-0.3, -0.25) is 10.9 Å². The summed E-state index contributed by atoms with van der Waals surface area (Å²) in [5.41, 5.74) is 6.84. The Morgan fingerprint density at radius 3 is 1.52 bits per heavy atom. The normalized spacial score (nSPS) is 31.8. The van der Waals surface area contributed by atoms with E-state index in [1.165, 1.54) is 0 Å². The lowest BCUT2D eigenvalue weighted by atomic mass is 10.2. The minimum absolute atomic E-state index is 0.0612. The highest BCUT2D eigenvalue weighted by molar-refractivity contribution is 4.76. The van der Waals surface area contributed by atoms with E-state index in [2.05, 4.69) is 20.9 Å². The van der Waals surface area contributed by atoms with E-state index >= 15 is 0 Å². The van der Waals surface area contributed by atoms with E-state index < -0.39 is 0 Å². The molecule has 0 saturated carbocycles. The molecule has 0 radical (unpaired) electrons. The number of hydrazine groups is 2. The zero-order valence-corrected chi connectivity index (χ0v) is 13.6. The molecule has 9 nitrogen and oxygen atoms in total. The first-order valence-corrected chi connectivity index (χ1v) is 8.35. The van der Waals surface area contributed by atoms with Crippen LogP contribution in [0.4, 0.5) is 0 Å². The van der Waals surface area contributed by atoms with Crippen LogP contribution in [0.1, 0.15) is 0 Å². The summed E-state index contributed by atoms with van der Waals surface area (Å²) in [5, 5.41) is 4.34. The van der Waals surface area contributed by atoms with Gasteiger partial charge < -0.3 is 23.7 Å². The Bertz CT molecular complexity index is 296. The second-order valence-electron chi connectivity index (χ2n) is 5.77. The molecule has 2 N–H and O–H groups in total. The lowest BCUT2D eigenvalue weighted by Crippen LogP contribution is -2.54. The van der Waals surface area contributed by atoms with Crippen molar-refractivity contribution >= 4 is 0 Å². The van der Waals surface area contributed by atoms with Gasteiger partial charge >= 0.3 is 0 Å². The SMILES string of the molecule is C1CN(NCC2OCOCOC2CNN2CCOCC2)CCO1. The highest BCUT2D eigenvalue weighted by Gasteiger charge is 2.27. The Labute approximate surface area is 137 Å². The predicted molar refractivity (Wildman–Crippen MR) is 81.4 cm³/mol. The molecule has 0 bridgehead atoms. The summed E-state index contributed by atoms with van der Waals surface area (Å²) in [7, 11) is 0. The molecule has 0 aromatic heterocycles. The number of rotatable bonds is 6. The maximum absolute atomic E-state index is 5.80. The molecule has 3 rings (SSSR count). The first-order valence-electron chi connectivity index (χ1n) is 8.35. The largest absolute Gasteiger partial charge is 0.379 e. The minimum atomic E-state index is -0.0612. The maximum atomic E-state index is 5.80. The van der Waals surface area contributed by atoms with Gasteiger partial charge in [0.2, 0.25) is 0 Å². The van der Waals surface area contributed by atoms with Crippen molar-refractivity contribution in [3.8, 4) is 0 Å². The van der Waals surface area contributed by atoms with Gasteiger partial charge in [0.25, 0.3) is 0 Å².